The van der Waals surface area contributed by atoms with E-state index in [4.69, 9.17) is 4.42 Å². The molecule has 0 fully saturated rings. The lowest BCUT2D eigenvalue weighted by Gasteiger charge is -2.05. The molecule has 7 heteroatoms. The Balaban J connectivity index is 1.33. The third-order valence-corrected chi connectivity index (χ3v) is 4.17. The van der Waals surface area contributed by atoms with Crippen molar-refractivity contribution in [2.24, 2.45) is 0 Å². The van der Waals surface area contributed by atoms with Crippen molar-refractivity contribution in [3.05, 3.63) is 84.8 Å². The van der Waals surface area contributed by atoms with Gasteiger partial charge in [0.2, 0.25) is 5.91 Å². The van der Waals surface area contributed by atoms with Gasteiger partial charge in [-0.3, -0.25) is 4.79 Å². The monoisotopic (exact) mass is 376 g/mol. The molecule has 0 radical (unpaired) electrons. The Kier molecular flexibility index (Phi) is 4.97. The van der Waals surface area contributed by atoms with Gasteiger partial charge in [0.1, 0.15) is 17.3 Å². The third kappa shape index (κ3) is 3.98. The molecule has 0 unspecified atom stereocenters. The predicted molar refractivity (Wildman–Crippen MR) is 102 cm³/mol. The molecule has 4 aromatic rings. The lowest BCUT2D eigenvalue weighted by molar-refractivity contribution is -0.116. The number of furan rings is 1. The zero-order valence-electron chi connectivity index (χ0n) is 14.9. The molecule has 3 heterocycles. The van der Waals surface area contributed by atoms with Gasteiger partial charge < -0.3 is 9.73 Å². The van der Waals surface area contributed by atoms with Crippen LogP contribution in [0.5, 0.6) is 0 Å². The van der Waals surface area contributed by atoms with Crippen LogP contribution in [0, 0.1) is 5.82 Å². The summed E-state index contributed by atoms with van der Waals surface area (Å²) in [5.74, 6) is 1.25. The summed E-state index contributed by atoms with van der Waals surface area (Å²) >= 11 is 0. The number of nitrogens with one attached hydrogen (secondary N) is 1. The molecule has 0 aliphatic rings. The molecule has 6 nitrogen and oxygen atoms in total. The minimum absolute atomic E-state index is 0.155. The van der Waals surface area contributed by atoms with E-state index in [1.54, 1.807) is 65.7 Å². The molecule has 1 N–H and O–H groups in total. The SMILES string of the molecule is O=C(CCc1ccc(-c2ccccc2F)o1)Nc1ccc(-n2cccn2)nc1. The summed E-state index contributed by atoms with van der Waals surface area (Å²) in [4.78, 5) is 16.4. The number of hydrogen-bond acceptors (Lipinski definition) is 4. The van der Waals surface area contributed by atoms with Crippen LogP contribution in [0.2, 0.25) is 0 Å². The molecule has 0 saturated heterocycles. The summed E-state index contributed by atoms with van der Waals surface area (Å²) in [5, 5.41) is 6.90. The van der Waals surface area contributed by atoms with Gasteiger partial charge in [-0.2, -0.15) is 5.10 Å². The lowest BCUT2D eigenvalue weighted by Crippen LogP contribution is -2.12. The first-order valence-electron chi connectivity index (χ1n) is 8.78. The molecule has 0 saturated carbocycles. The largest absolute Gasteiger partial charge is 0.461 e. The summed E-state index contributed by atoms with van der Waals surface area (Å²) in [5.41, 5.74) is 1.01. The van der Waals surface area contributed by atoms with E-state index in [2.05, 4.69) is 15.4 Å². The lowest BCUT2D eigenvalue weighted by atomic mass is 10.1. The van der Waals surface area contributed by atoms with Gasteiger partial charge in [0, 0.05) is 25.2 Å². The van der Waals surface area contributed by atoms with Crippen molar-refractivity contribution in [3.8, 4) is 17.1 Å². The van der Waals surface area contributed by atoms with Gasteiger partial charge in [-0.1, -0.05) is 12.1 Å². The van der Waals surface area contributed by atoms with E-state index in [9.17, 15) is 9.18 Å². The number of carbonyl (C=O) groups is 1. The minimum Gasteiger partial charge on any atom is -0.461 e. The van der Waals surface area contributed by atoms with Crippen molar-refractivity contribution in [2.75, 3.05) is 5.32 Å². The number of hydrogen-bond donors (Lipinski definition) is 1. The highest BCUT2D eigenvalue weighted by atomic mass is 19.1. The van der Waals surface area contributed by atoms with Crippen molar-refractivity contribution >= 4 is 11.6 Å². The molecule has 0 atom stereocenters. The van der Waals surface area contributed by atoms with Gasteiger partial charge in [-0.25, -0.2) is 14.1 Å². The maximum atomic E-state index is 13.8. The van der Waals surface area contributed by atoms with Gasteiger partial charge in [-0.15, -0.1) is 0 Å². The number of pyridine rings is 1. The van der Waals surface area contributed by atoms with Gasteiger partial charge in [0.25, 0.3) is 0 Å². The van der Waals surface area contributed by atoms with Crippen LogP contribution in [0.1, 0.15) is 12.2 Å². The maximum absolute atomic E-state index is 13.8. The number of halogens is 1. The van der Waals surface area contributed by atoms with Crippen LogP contribution in [0.25, 0.3) is 17.1 Å². The van der Waals surface area contributed by atoms with Crippen molar-refractivity contribution in [3.63, 3.8) is 0 Å². The molecule has 0 bridgehead atoms. The standard InChI is InChI=1S/C21H17FN4O2/c22-18-5-2-1-4-17(18)19-9-7-16(28-19)8-11-21(27)25-15-6-10-20(23-14-15)26-13-3-12-24-26/h1-7,9-10,12-14H,8,11H2,(H,25,27). The number of anilines is 1. The van der Waals surface area contributed by atoms with Crippen molar-refractivity contribution in [1.29, 1.82) is 0 Å². The second kappa shape index (κ2) is 7.87. The average molecular weight is 376 g/mol. The van der Waals surface area contributed by atoms with Gasteiger partial charge in [0.15, 0.2) is 5.82 Å². The zero-order valence-corrected chi connectivity index (χ0v) is 14.9. The number of nitrogens with zero attached hydrogens (tertiary/aromatic N) is 3. The average Bonchev–Trinajstić information content (AvgIpc) is 3.40. The maximum Gasteiger partial charge on any atom is 0.224 e. The summed E-state index contributed by atoms with van der Waals surface area (Å²) in [6, 6.07) is 15.2. The number of carbonyl (C=O) groups excluding carboxylic acids is 1. The zero-order chi connectivity index (χ0) is 19.3. The van der Waals surface area contributed by atoms with E-state index in [1.807, 2.05) is 6.07 Å². The first kappa shape index (κ1) is 17.7. The first-order chi connectivity index (χ1) is 13.7. The second-order valence-electron chi connectivity index (χ2n) is 6.15. The van der Waals surface area contributed by atoms with E-state index < -0.39 is 0 Å². The summed E-state index contributed by atoms with van der Waals surface area (Å²) < 4.78 is 21.1. The smallest absolute Gasteiger partial charge is 0.224 e. The van der Waals surface area contributed by atoms with Crippen LogP contribution in [0.3, 0.4) is 0 Å². The predicted octanol–water partition coefficient (Wildman–Crippen LogP) is 4.24. The number of aromatic nitrogens is 3. The molecule has 140 valence electrons. The summed E-state index contributed by atoms with van der Waals surface area (Å²) in [7, 11) is 0. The molecule has 1 aromatic carbocycles. The minimum atomic E-state index is -0.341. The number of amides is 1. The Hall–Kier alpha value is -3.74. The Bertz CT molecular complexity index is 1070. The van der Waals surface area contributed by atoms with Crippen LogP contribution < -0.4 is 5.32 Å². The van der Waals surface area contributed by atoms with Crippen LogP contribution >= 0.6 is 0 Å². The fourth-order valence-corrected chi connectivity index (χ4v) is 2.78. The molecule has 0 aliphatic heterocycles. The van der Waals surface area contributed by atoms with Crippen LogP contribution in [-0.4, -0.2) is 20.7 Å². The number of rotatable bonds is 6. The quantitative estimate of drug-likeness (QED) is 0.546. The van der Waals surface area contributed by atoms with Crippen molar-refractivity contribution in [1.82, 2.24) is 14.8 Å². The van der Waals surface area contributed by atoms with Crippen molar-refractivity contribution in [2.45, 2.75) is 12.8 Å². The highest BCUT2D eigenvalue weighted by Crippen LogP contribution is 2.25. The third-order valence-electron chi connectivity index (χ3n) is 4.17. The van der Waals surface area contributed by atoms with Crippen LogP contribution in [0.4, 0.5) is 10.1 Å². The van der Waals surface area contributed by atoms with Crippen LogP contribution in [-0.2, 0) is 11.2 Å². The van der Waals surface area contributed by atoms with E-state index in [0.717, 1.165) is 0 Å². The number of aryl methyl sites for hydroxylation is 1. The molecule has 1 amide bonds. The van der Waals surface area contributed by atoms with Gasteiger partial charge >= 0.3 is 0 Å². The topological polar surface area (TPSA) is 73.0 Å². The van der Waals surface area contributed by atoms with Gasteiger partial charge in [0.05, 0.1) is 17.4 Å². The molecular weight excluding hydrogens is 359 g/mol. The van der Waals surface area contributed by atoms with E-state index in [-0.39, 0.29) is 18.1 Å². The van der Waals surface area contributed by atoms with Crippen LogP contribution in [0.15, 0.2) is 77.6 Å². The van der Waals surface area contributed by atoms with E-state index >= 15 is 0 Å². The summed E-state index contributed by atoms with van der Waals surface area (Å²) in [6.45, 7) is 0. The molecular formula is C21H17FN4O2. The Morgan fingerprint density at radius 2 is 2.00 bits per heavy atom. The summed E-state index contributed by atoms with van der Waals surface area (Å²) in [6.07, 6.45) is 5.70. The fraction of sp³-hybridized carbons (Fsp3) is 0.0952. The first-order valence-corrected chi connectivity index (χ1v) is 8.78. The van der Waals surface area contributed by atoms with Crippen molar-refractivity contribution < 1.29 is 13.6 Å². The molecule has 0 aliphatic carbocycles. The molecule has 0 spiro atoms. The Morgan fingerprint density at radius 1 is 1.11 bits per heavy atom. The molecule has 28 heavy (non-hydrogen) atoms. The highest BCUT2D eigenvalue weighted by Gasteiger charge is 2.11. The normalized spacial score (nSPS) is 10.8. The van der Waals surface area contributed by atoms with E-state index in [1.165, 1.54) is 6.07 Å². The number of benzene rings is 1. The molecule has 3 aromatic heterocycles. The highest BCUT2D eigenvalue weighted by molar-refractivity contribution is 5.90. The second-order valence-corrected chi connectivity index (χ2v) is 6.15. The van der Waals surface area contributed by atoms with Gasteiger partial charge in [-0.05, 0) is 42.5 Å². The molecule has 4 rings (SSSR count). The van der Waals surface area contributed by atoms with E-state index in [0.29, 0.717) is 35.0 Å². The Labute approximate surface area is 160 Å². The Morgan fingerprint density at radius 3 is 2.75 bits per heavy atom. The fourth-order valence-electron chi connectivity index (χ4n) is 2.78.